The zero-order valence-electron chi connectivity index (χ0n) is 5.83. The average molecular weight is 144 g/mol. The number of benzene rings is 1. The molecule has 0 saturated heterocycles. The molecule has 0 nitrogen and oxygen atoms in total. The van der Waals surface area contributed by atoms with Crippen molar-refractivity contribution < 1.29 is 0 Å². The topological polar surface area (TPSA) is 0 Å². The molecule has 0 heterocycles. The number of allylic oxidation sites excluding steroid dienone is 1. The van der Waals surface area contributed by atoms with E-state index in [1.807, 2.05) is 18.2 Å². The maximum absolute atomic E-state index is 2.66. The quantitative estimate of drug-likeness (QED) is 0.558. The third-order valence-corrected chi connectivity index (χ3v) is 1.52. The predicted octanol–water partition coefficient (Wildman–Crippen LogP) is 2.29. The third kappa shape index (κ3) is 2.39. The van der Waals surface area contributed by atoms with E-state index < -0.39 is 0 Å². The second kappa shape index (κ2) is 4.33. The Morgan fingerprint density at radius 1 is 1.20 bits per heavy atom. The standard InChI is InChI=1S/C9H9.Al/c1-2-6-9-7-4-3-5-8-9;/h2-8H,1H2;/q;+2. The summed E-state index contributed by atoms with van der Waals surface area (Å²) in [4.78, 5) is 0. The Kier molecular flexibility index (Phi) is 3.29. The molecule has 0 aliphatic carbocycles. The fourth-order valence-electron chi connectivity index (χ4n) is 0.768. The van der Waals surface area contributed by atoms with Crippen LogP contribution in [0, 0.1) is 0 Å². The van der Waals surface area contributed by atoms with Gasteiger partial charge in [0.2, 0.25) is 0 Å². The molecule has 0 bridgehead atoms. The number of hydrogen-bond acceptors (Lipinski definition) is 0. The van der Waals surface area contributed by atoms with Crippen LogP contribution in [0.1, 0.15) is 5.56 Å². The molecule has 1 aromatic carbocycles. The van der Waals surface area contributed by atoms with E-state index in [0.29, 0.717) is 0 Å². The molecule has 0 aromatic heterocycles. The van der Waals surface area contributed by atoms with Crippen LogP contribution in [0.4, 0.5) is 0 Å². The van der Waals surface area contributed by atoms with E-state index in [1.165, 1.54) is 5.56 Å². The summed E-state index contributed by atoms with van der Waals surface area (Å²) >= 11 is 2.66. The molecular weight excluding hydrogens is 135 g/mol. The summed E-state index contributed by atoms with van der Waals surface area (Å²) in [7, 11) is 0. The Hall–Kier alpha value is -0.508. The van der Waals surface area contributed by atoms with Gasteiger partial charge in [-0.1, -0.05) is 0 Å². The van der Waals surface area contributed by atoms with Crippen LogP contribution in [0.3, 0.4) is 0 Å². The van der Waals surface area contributed by atoms with E-state index in [1.54, 1.807) is 0 Å². The van der Waals surface area contributed by atoms with E-state index in [9.17, 15) is 0 Å². The van der Waals surface area contributed by atoms with Gasteiger partial charge in [-0.25, -0.2) is 0 Å². The summed E-state index contributed by atoms with van der Waals surface area (Å²) in [5.74, 6) is 0. The van der Waals surface area contributed by atoms with E-state index in [0.717, 1.165) is 5.28 Å². The molecule has 0 unspecified atom stereocenters. The van der Waals surface area contributed by atoms with Crippen molar-refractivity contribution in [1.29, 1.82) is 0 Å². The van der Waals surface area contributed by atoms with Crippen LogP contribution in [0.2, 0.25) is 5.28 Å². The van der Waals surface area contributed by atoms with Crippen LogP contribution in [-0.4, -0.2) is 16.3 Å². The van der Waals surface area contributed by atoms with Crippen molar-refractivity contribution in [1.82, 2.24) is 0 Å². The van der Waals surface area contributed by atoms with Gasteiger partial charge < -0.3 is 0 Å². The fraction of sp³-hybridized carbons (Fsp3) is 0.111. The number of hydrogen-bond donors (Lipinski definition) is 0. The molecule has 0 aliphatic heterocycles. The van der Waals surface area contributed by atoms with Crippen molar-refractivity contribution in [2.75, 3.05) is 0 Å². The molecule has 46 valence electrons. The molecule has 0 aliphatic rings. The van der Waals surface area contributed by atoms with Gasteiger partial charge in [0.05, 0.1) is 0 Å². The Bertz CT molecular complexity index is 201. The average Bonchev–Trinajstić information content (AvgIpc) is 2.03. The van der Waals surface area contributed by atoms with Gasteiger partial charge in [0.15, 0.2) is 0 Å². The molecule has 0 N–H and O–H groups in total. The molecule has 10 heavy (non-hydrogen) atoms. The molecule has 0 spiro atoms. The van der Waals surface area contributed by atoms with Gasteiger partial charge in [-0.2, -0.15) is 0 Å². The summed E-state index contributed by atoms with van der Waals surface area (Å²) in [6.45, 7) is 0. The SMILES string of the molecule is [Al+2][CH2]C=Cc1ccccc1. The van der Waals surface area contributed by atoms with Gasteiger partial charge in [-0.05, 0) is 0 Å². The zero-order valence-corrected chi connectivity index (χ0v) is 6.98. The molecule has 1 aromatic rings. The minimum absolute atomic E-state index is 1.02. The third-order valence-electron chi connectivity index (χ3n) is 1.25. The van der Waals surface area contributed by atoms with Crippen LogP contribution in [0.5, 0.6) is 0 Å². The first-order valence-electron chi connectivity index (χ1n) is 3.35. The Labute approximate surface area is 70.0 Å². The van der Waals surface area contributed by atoms with Crippen molar-refractivity contribution >= 4 is 22.4 Å². The number of rotatable bonds is 2. The van der Waals surface area contributed by atoms with Crippen LogP contribution >= 0.6 is 0 Å². The Balaban J connectivity index is 2.67. The van der Waals surface area contributed by atoms with Gasteiger partial charge in [-0.15, -0.1) is 0 Å². The normalized spacial score (nSPS) is 10.6. The molecule has 0 atom stereocenters. The first kappa shape index (κ1) is 7.60. The van der Waals surface area contributed by atoms with Gasteiger partial charge in [0.25, 0.3) is 0 Å². The molecule has 0 saturated carbocycles. The second-order valence-corrected chi connectivity index (χ2v) is 2.52. The van der Waals surface area contributed by atoms with E-state index in [2.05, 4.69) is 40.6 Å². The van der Waals surface area contributed by atoms with Gasteiger partial charge in [0.1, 0.15) is 0 Å². The molecule has 0 amide bonds. The molecule has 1 heteroatoms. The van der Waals surface area contributed by atoms with E-state index in [-0.39, 0.29) is 0 Å². The molecule has 0 radical (unpaired) electrons. The molecule has 1 rings (SSSR count). The van der Waals surface area contributed by atoms with Crippen molar-refractivity contribution in [2.24, 2.45) is 0 Å². The van der Waals surface area contributed by atoms with E-state index >= 15 is 0 Å². The first-order chi connectivity index (χ1) is 4.93. The van der Waals surface area contributed by atoms with Gasteiger partial charge in [-0.3, -0.25) is 0 Å². The predicted molar refractivity (Wildman–Crippen MR) is 46.0 cm³/mol. The van der Waals surface area contributed by atoms with Gasteiger partial charge in [0, 0.05) is 0 Å². The Morgan fingerprint density at radius 3 is 2.50 bits per heavy atom. The first-order valence-corrected chi connectivity index (χ1v) is 4.17. The summed E-state index contributed by atoms with van der Waals surface area (Å²) in [5.41, 5.74) is 1.27. The van der Waals surface area contributed by atoms with Gasteiger partial charge >= 0.3 is 69.6 Å². The summed E-state index contributed by atoms with van der Waals surface area (Å²) in [6.07, 6.45) is 4.24. The van der Waals surface area contributed by atoms with Crippen LogP contribution in [0.15, 0.2) is 36.4 Å². The van der Waals surface area contributed by atoms with Crippen molar-refractivity contribution in [3.63, 3.8) is 0 Å². The van der Waals surface area contributed by atoms with Crippen molar-refractivity contribution in [2.45, 2.75) is 5.28 Å². The summed E-state index contributed by atoms with van der Waals surface area (Å²) < 4.78 is 0. The Morgan fingerprint density at radius 2 is 1.90 bits per heavy atom. The summed E-state index contributed by atoms with van der Waals surface area (Å²) in [6, 6.07) is 10.3. The van der Waals surface area contributed by atoms with Crippen LogP contribution in [0.25, 0.3) is 6.08 Å². The maximum atomic E-state index is 2.66. The molecule has 0 fully saturated rings. The monoisotopic (exact) mass is 144 g/mol. The van der Waals surface area contributed by atoms with Crippen LogP contribution < -0.4 is 0 Å². The molecular formula is C9H9Al+2. The fourth-order valence-corrected chi connectivity index (χ4v) is 0.904. The summed E-state index contributed by atoms with van der Waals surface area (Å²) in [5, 5.41) is 1.02. The van der Waals surface area contributed by atoms with Crippen molar-refractivity contribution in [3.8, 4) is 0 Å². The van der Waals surface area contributed by atoms with Crippen molar-refractivity contribution in [3.05, 3.63) is 42.0 Å². The van der Waals surface area contributed by atoms with Crippen LogP contribution in [-0.2, 0) is 0 Å². The second-order valence-electron chi connectivity index (χ2n) is 2.05. The van der Waals surface area contributed by atoms with E-state index in [4.69, 9.17) is 0 Å². The zero-order chi connectivity index (χ0) is 7.23. The minimum atomic E-state index is 1.02.